The highest BCUT2D eigenvalue weighted by molar-refractivity contribution is 7.92. The molecular weight excluding hydrogens is 296 g/mol. The number of anilines is 1. The molecule has 1 aromatic carbocycles. The number of thiocarbonyl (C=S) groups is 1. The minimum absolute atomic E-state index is 0.149. The topological polar surface area (TPSA) is 90.0 Å². The fraction of sp³-hybridized carbons (Fsp3) is 0.167. The smallest absolute Gasteiger partial charge is 0.263 e. The molecule has 0 unspecified atom stereocenters. The van der Waals surface area contributed by atoms with Crippen molar-refractivity contribution in [3.8, 4) is 0 Å². The lowest BCUT2D eigenvalue weighted by molar-refractivity contribution is 0.600. The van der Waals surface area contributed by atoms with E-state index in [9.17, 15) is 8.42 Å². The third-order valence-electron chi connectivity index (χ3n) is 2.83. The third-order valence-corrected chi connectivity index (χ3v) is 4.41. The molecule has 0 aliphatic carbocycles. The van der Waals surface area contributed by atoms with Gasteiger partial charge in [0.15, 0.2) is 0 Å². The summed E-state index contributed by atoms with van der Waals surface area (Å²) in [5, 5.41) is 3.91. The van der Waals surface area contributed by atoms with Crippen LogP contribution < -0.4 is 10.5 Å². The number of nitrogens with zero attached hydrogens (tertiary/aromatic N) is 2. The van der Waals surface area contributed by atoms with Gasteiger partial charge in [0, 0.05) is 18.7 Å². The molecule has 0 atom stereocenters. The first kappa shape index (κ1) is 14.5. The Labute approximate surface area is 122 Å². The Balaban J connectivity index is 2.38. The first-order valence-electron chi connectivity index (χ1n) is 5.72. The maximum absolute atomic E-state index is 12.3. The molecule has 2 aromatic rings. The van der Waals surface area contributed by atoms with Crippen molar-refractivity contribution in [2.75, 3.05) is 4.72 Å². The van der Waals surface area contributed by atoms with E-state index < -0.39 is 10.0 Å². The zero-order valence-electron chi connectivity index (χ0n) is 11.0. The van der Waals surface area contributed by atoms with E-state index in [1.807, 2.05) is 0 Å². The molecule has 0 saturated carbocycles. The Morgan fingerprint density at radius 2 is 2.10 bits per heavy atom. The molecule has 106 valence electrons. The first-order chi connectivity index (χ1) is 9.31. The summed E-state index contributed by atoms with van der Waals surface area (Å²) in [6.45, 7) is 1.76. The molecule has 1 aromatic heterocycles. The summed E-state index contributed by atoms with van der Waals surface area (Å²) in [7, 11) is -2.01. The molecule has 2 rings (SSSR count). The van der Waals surface area contributed by atoms with Crippen molar-refractivity contribution < 1.29 is 8.42 Å². The predicted molar refractivity (Wildman–Crippen MR) is 81.1 cm³/mol. The van der Waals surface area contributed by atoms with E-state index in [1.165, 1.54) is 23.0 Å². The van der Waals surface area contributed by atoms with E-state index >= 15 is 0 Å². The molecule has 1 heterocycles. The summed E-state index contributed by atoms with van der Waals surface area (Å²) in [5.41, 5.74) is 6.94. The van der Waals surface area contributed by atoms with Gasteiger partial charge >= 0.3 is 0 Å². The molecule has 0 aliphatic rings. The summed E-state index contributed by atoms with van der Waals surface area (Å²) in [6.07, 6.45) is 1.51. The van der Waals surface area contributed by atoms with Crippen molar-refractivity contribution in [2.45, 2.75) is 11.8 Å². The quantitative estimate of drug-likeness (QED) is 0.827. The van der Waals surface area contributed by atoms with E-state index in [1.54, 1.807) is 26.1 Å². The average Bonchev–Trinajstić information content (AvgIpc) is 2.73. The molecule has 8 heteroatoms. The van der Waals surface area contributed by atoms with Crippen LogP contribution in [0.5, 0.6) is 0 Å². The molecule has 0 fully saturated rings. The second-order valence-corrected chi connectivity index (χ2v) is 6.41. The van der Waals surface area contributed by atoms with Gasteiger partial charge in [0.05, 0.1) is 11.1 Å². The van der Waals surface area contributed by atoms with Gasteiger partial charge in [-0.3, -0.25) is 9.40 Å². The molecule has 0 amide bonds. The molecule has 0 spiro atoms. The fourth-order valence-electron chi connectivity index (χ4n) is 1.75. The van der Waals surface area contributed by atoms with Gasteiger partial charge < -0.3 is 5.73 Å². The monoisotopic (exact) mass is 310 g/mol. The zero-order valence-corrected chi connectivity index (χ0v) is 12.6. The number of aryl methyl sites for hydroxylation is 2. The summed E-state index contributed by atoms with van der Waals surface area (Å²) in [5.74, 6) is 0.390. The van der Waals surface area contributed by atoms with Crippen molar-refractivity contribution in [1.29, 1.82) is 0 Å². The van der Waals surface area contributed by atoms with Crippen molar-refractivity contribution in [3.05, 3.63) is 41.6 Å². The van der Waals surface area contributed by atoms with Crippen LogP contribution in [0.4, 0.5) is 5.82 Å². The van der Waals surface area contributed by atoms with Gasteiger partial charge in [-0.1, -0.05) is 18.3 Å². The van der Waals surface area contributed by atoms with Crippen molar-refractivity contribution in [2.24, 2.45) is 12.8 Å². The number of nitrogens with one attached hydrogen (secondary N) is 1. The van der Waals surface area contributed by atoms with Crippen molar-refractivity contribution in [3.63, 3.8) is 0 Å². The van der Waals surface area contributed by atoms with Gasteiger partial charge in [0.2, 0.25) is 0 Å². The van der Waals surface area contributed by atoms with Gasteiger partial charge in [-0.25, -0.2) is 8.42 Å². The Morgan fingerprint density at radius 3 is 2.60 bits per heavy atom. The average molecular weight is 310 g/mol. The predicted octanol–water partition coefficient (Wildman–Crippen LogP) is 1.16. The van der Waals surface area contributed by atoms with E-state index in [0.29, 0.717) is 16.9 Å². The zero-order chi connectivity index (χ0) is 14.9. The lowest BCUT2D eigenvalue weighted by Crippen LogP contribution is -2.17. The lowest BCUT2D eigenvalue weighted by atomic mass is 10.1. The maximum atomic E-state index is 12.3. The molecule has 20 heavy (non-hydrogen) atoms. The highest BCUT2D eigenvalue weighted by Crippen LogP contribution is 2.18. The number of benzene rings is 1. The number of nitrogens with two attached hydrogens (primary N) is 1. The van der Waals surface area contributed by atoms with Crippen LogP contribution in [0, 0.1) is 6.92 Å². The van der Waals surface area contributed by atoms with E-state index in [4.69, 9.17) is 18.0 Å². The van der Waals surface area contributed by atoms with Gasteiger partial charge in [-0.05, 0) is 24.6 Å². The first-order valence-corrected chi connectivity index (χ1v) is 7.61. The van der Waals surface area contributed by atoms with Crippen LogP contribution in [0.2, 0.25) is 0 Å². The van der Waals surface area contributed by atoms with Gasteiger partial charge in [0.25, 0.3) is 10.0 Å². The number of rotatable bonds is 4. The SMILES string of the molecule is Cc1cc(S(=O)(=O)Nc2ccnn2C)ccc1C(N)=S. The Bertz CT molecular complexity index is 766. The summed E-state index contributed by atoms with van der Waals surface area (Å²) in [6, 6.07) is 6.19. The summed E-state index contributed by atoms with van der Waals surface area (Å²) >= 11 is 4.90. The van der Waals surface area contributed by atoms with Crippen molar-refractivity contribution >= 4 is 33.0 Å². The largest absolute Gasteiger partial charge is 0.389 e. The number of hydrogen-bond acceptors (Lipinski definition) is 4. The van der Waals surface area contributed by atoms with Crippen LogP contribution >= 0.6 is 12.2 Å². The molecule has 0 radical (unpaired) electrons. The van der Waals surface area contributed by atoms with Crippen LogP contribution in [0.3, 0.4) is 0 Å². The molecule has 0 saturated heterocycles. The minimum Gasteiger partial charge on any atom is -0.389 e. The molecule has 0 aliphatic heterocycles. The van der Waals surface area contributed by atoms with Crippen LogP contribution in [0.1, 0.15) is 11.1 Å². The molecule has 3 N–H and O–H groups in total. The van der Waals surface area contributed by atoms with E-state index in [-0.39, 0.29) is 9.88 Å². The molecule has 6 nitrogen and oxygen atoms in total. The van der Waals surface area contributed by atoms with Gasteiger partial charge in [-0.15, -0.1) is 0 Å². The summed E-state index contributed by atoms with van der Waals surface area (Å²) in [4.78, 5) is 0.391. The van der Waals surface area contributed by atoms with Crippen LogP contribution in [-0.4, -0.2) is 23.2 Å². The van der Waals surface area contributed by atoms with Gasteiger partial charge in [0.1, 0.15) is 10.8 Å². The number of sulfonamides is 1. The summed E-state index contributed by atoms with van der Waals surface area (Å²) < 4.78 is 28.4. The number of aromatic nitrogens is 2. The van der Waals surface area contributed by atoms with Crippen LogP contribution in [0.15, 0.2) is 35.4 Å². The van der Waals surface area contributed by atoms with Crippen LogP contribution in [0.25, 0.3) is 0 Å². The lowest BCUT2D eigenvalue weighted by Gasteiger charge is -2.10. The number of hydrogen-bond donors (Lipinski definition) is 2. The Hall–Kier alpha value is -1.93. The second kappa shape index (κ2) is 5.22. The van der Waals surface area contributed by atoms with E-state index in [0.717, 1.165) is 0 Å². The van der Waals surface area contributed by atoms with Crippen molar-refractivity contribution in [1.82, 2.24) is 9.78 Å². The third kappa shape index (κ3) is 2.81. The highest BCUT2D eigenvalue weighted by atomic mass is 32.2. The normalized spacial score (nSPS) is 11.3. The fourth-order valence-corrected chi connectivity index (χ4v) is 3.15. The maximum Gasteiger partial charge on any atom is 0.263 e. The van der Waals surface area contributed by atoms with Crippen LogP contribution in [-0.2, 0) is 17.1 Å². The second-order valence-electron chi connectivity index (χ2n) is 4.29. The highest BCUT2D eigenvalue weighted by Gasteiger charge is 2.17. The molecule has 0 bridgehead atoms. The standard InChI is InChI=1S/C12H14N4O2S2/c1-8-7-9(3-4-10(8)12(13)19)20(17,18)15-11-5-6-14-16(11)2/h3-7,15H,1-2H3,(H2,13,19). The van der Waals surface area contributed by atoms with E-state index in [2.05, 4.69) is 9.82 Å². The Kier molecular flexibility index (Phi) is 3.78. The minimum atomic E-state index is -3.67. The molecular formula is C12H14N4O2S2. The van der Waals surface area contributed by atoms with Gasteiger partial charge in [-0.2, -0.15) is 5.10 Å². The Morgan fingerprint density at radius 1 is 1.40 bits per heavy atom.